The SMILES string of the molecule is Cc1cc(N2CCc3ccccc32)c2cc(N)ccc2n1. The third-order valence-electron chi connectivity index (χ3n) is 4.12. The molecule has 0 bridgehead atoms. The Morgan fingerprint density at radius 3 is 2.81 bits per heavy atom. The fraction of sp³-hybridized carbons (Fsp3) is 0.167. The lowest BCUT2D eigenvalue weighted by molar-refractivity contribution is 0.999. The second kappa shape index (κ2) is 4.48. The van der Waals surface area contributed by atoms with E-state index in [2.05, 4.69) is 40.2 Å². The number of pyridine rings is 1. The summed E-state index contributed by atoms with van der Waals surface area (Å²) in [5.74, 6) is 0. The van der Waals surface area contributed by atoms with E-state index in [1.54, 1.807) is 0 Å². The largest absolute Gasteiger partial charge is 0.399 e. The number of anilines is 3. The minimum absolute atomic E-state index is 0.780. The van der Waals surface area contributed by atoms with Crippen LogP contribution in [0.25, 0.3) is 10.9 Å². The van der Waals surface area contributed by atoms with Crippen LogP contribution >= 0.6 is 0 Å². The van der Waals surface area contributed by atoms with Crippen LogP contribution < -0.4 is 10.6 Å². The number of fused-ring (bicyclic) bond motifs is 2. The zero-order valence-corrected chi connectivity index (χ0v) is 12.0. The molecule has 3 nitrogen and oxygen atoms in total. The summed E-state index contributed by atoms with van der Waals surface area (Å²) in [6, 6.07) is 16.7. The lowest BCUT2D eigenvalue weighted by atomic mass is 10.1. The van der Waals surface area contributed by atoms with Gasteiger partial charge in [-0.15, -0.1) is 0 Å². The number of aromatic nitrogens is 1. The monoisotopic (exact) mass is 275 g/mol. The van der Waals surface area contributed by atoms with Crippen LogP contribution in [-0.4, -0.2) is 11.5 Å². The van der Waals surface area contributed by atoms with Gasteiger partial charge in [-0.3, -0.25) is 4.98 Å². The standard InChI is InChI=1S/C18H17N3/c1-12-10-18(15-11-14(19)6-7-16(15)20-12)21-9-8-13-4-2-3-5-17(13)21/h2-7,10-11H,8-9,19H2,1H3. The Morgan fingerprint density at radius 2 is 1.90 bits per heavy atom. The average molecular weight is 275 g/mol. The summed E-state index contributed by atoms with van der Waals surface area (Å²) in [6.07, 6.45) is 1.08. The summed E-state index contributed by atoms with van der Waals surface area (Å²) in [5.41, 5.74) is 12.7. The summed E-state index contributed by atoms with van der Waals surface area (Å²) < 4.78 is 0. The van der Waals surface area contributed by atoms with E-state index in [4.69, 9.17) is 5.73 Å². The minimum atomic E-state index is 0.780. The zero-order valence-electron chi connectivity index (χ0n) is 12.0. The molecule has 2 aromatic carbocycles. The van der Waals surface area contributed by atoms with Gasteiger partial charge in [-0.25, -0.2) is 0 Å². The van der Waals surface area contributed by atoms with E-state index in [9.17, 15) is 0 Å². The summed E-state index contributed by atoms with van der Waals surface area (Å²) in [4.78, 5) is 7.00. The Morgan fingerprint density at radius 1 is 1.05 bits per heavy atom. The molecule has 0 aliphatic carbocycles. The molecule has 104 valence electrons. The Labute approximate surface area is 124 Å². The number of hydrogen-bond acceptors (Lipinski definition) is 3. The summed E-state index contributed by atoms with van der Waals surface area (Å²) >= 11 is 0. The van der Waals surface area contributed by atoms with Gasteiger partial charge in [0.05, 0.1) is 11.2 Å². The van der Waals surface area contributed by atoms with Gasteiger partial charge in [0.1, 0.15) is 0 Å². The van der Waals surface area contributed by atoms with Crippen molar-refractivity contribution in [1.29, 1.82) is 0 Å². The Hall–Kier alpha value is -2.55. The Kier molecular flexibility index (Phi) is 2.61. The van der Waals surface area contributed by atoms with Gasteiger partial charge in [0.25, 0.3) is 0 Å². The van der Waals surface area contributed by atoms with Crippen LogP contribution in [0.3, 0.4) is 0 Å². The highest BCUT2D eigenvalue weighted by Crippen LogP contribution is 2.38. The van der Waals surface area contributed by atoms with E-state index in [0.29, 0.717) is 0 Å². The van der Waals surface area contributed by atoms with Crippen molar-refractivity contribution in [3.63, 3.8) is 0 Å². The van der Waals surface area contributed by atoms with Crippen LogP contribution in [0.15, 0.2) is 48.5 Å². The maximum atomic E-state index is 5.98. The van der Waals surface area contributed by atoms with Crippen molar-refractivity contribution in [3.8, 4) is 0 Å². The molecule has 0 radical (unpaired) electrons. The number of aryl methyl sites for hydroxylation is 1. The van der Waals surface area contributed by atoms with E-state index in [1.807, 2.05) is 25.1 Å². The molecule has 3 aromatic rings. The molecule has 0 saturated carbocycles. The van der Waals surface area contributed by atoms with Crippen LogP contribution in [0.4, 0.5) is 17.1 Å². The second-order valence-corrected chi connectivity index (χ2v) is 5.59. The molecule has 3 heteroatoms. The second-order valence-electron chi connectivity index (χ2n) is 5.59. The third-order valence-corrected chi connectivity index (χ3v) is 4.12. The number of hydrogen-bond donors (Lipinski definition) is 1. The van der Waals surface area contributed by atoms with E-state index >= 15 is 0 Å². The molecule has 0 unspecified atom stereocenters. The topological polar surface area (TPSA) is 42.1 Å². The van der Waals surface area contributed by atoms with Crippen molar-refractivity contribution >= 4 is 28.0 Å². The maximum Gasteiger partial charge on any atom is 0.0727 e. The van der Waals surface area contributed by atoms with Crippen molar-refractivity contribution in [1.82, 2.24) is 4.98 Å². The van der Waals surface area contributed by atoms with Gasteiger partial charge < -0.3 is 10.6 Å². The first-order valence-electron chi connectivity index (χ1n) is 7.25. The van der Waals surface area contributed by atoms with Crippen molar-refractivity contribution < 1.29 is 0 Å². The highest BCUT2D eigenvalue weighted by molar-refractivity contribution is 5.96. The van der Waals surface area contributed by atoms with E-state index in [-0.39, 0.29) is 0 Å². The molecular weight excluding hydrogens is 258 g/mol. The predicted octanol–water partition coefficient (Wildman–Crippen LogP) is 3.82. The first-order chi connectivity index (χ1) is 10.2. The van der Waals surface area contributed by atoms with Crippen molar-refractivity contribution in [2.24, 2.45) is 0 Å². The molecule has 0 spiro atoms. The fourth-order valence-electron chi connectivity index (χ4n) is 3.17. The molecule has 1 aromatic heterocycles. The Bertz CT molecular complexity index is 839. The van der Waals surface area contributed by atoms with E-state index < -0.39 is 0 Å². The summed E-state index contributed by atoms with van der Waals surface area (Å²) in [5, 5.41) is 1.12. The van der Waals surface area contributed by atoms with E-state index in [1.165, 1.54) is 16.9 Å². The highest BCUT2D eigenvalue weighted by atomic mass is 15.2. The number of nitrogens with zero attached hydrogens (tertiary/aromatic N) is 2. The molecule has 1 aliphatic rings. The van der Waals surface area contributed by atoms with Crippen LogP contribution in [0.2, 0.25) is 0 Å². The van der Waals surface area contributed by atoms with Crippen molar-refractivity contribution in [2.75, 3.05) is 17.2 Å². The summed E-state index contributed by atoms with van der Waals surface area (Å²) in [6.45, 7) is 3.05. The maximum absolute atomic E-state index is 5.98. The highest BCUT2D eigenvalue weighted by Gasteiger charge is 2.21. The first kappa shape index (κ1) is 12.2. The zero-order chi connectivity index (χ0) is 14.4. The molecule has 0 saturated heterocycles. The molecule has 0 atom stereocenters. The average Bonchev–Trinajstić information content (AvgIpc) is 2.91. The molecule has 2 heterocycles. The smallest absolute Gasteiger partial charge is 0.0727 e. The normalized spacial score (nSPS) is 13.7. The predicted molar refractivity (Wildman–Crippen MR) is 88.0 cm³/mol. The van der Waals surface area contributed by atoms with Crippen molar-refractivity contribution in [2.45, 2.75) is 13.3 Å². The number of nitrogen functional groups attached to an aromatic ring is 1. The van der Waals surface area contributed by atoms with Gasteiger partial charge in [0, 0.05) is 29.0 Å². The van der Waals surface area contributed by atoms with Gasteiger partial charge >= 0.3 is 0 Å². The van der Waals surface area contributed by atoms with Crippen LogP contribution in [0, 0.1) is 6.92 Å². The molecule has 21 heavy (non-hydrogen) atoms. The lowest BCUT2D eigenvalue weighted by Crippen LogP contribution is -2.14. The first-order valence-corrected chi connectivity index (χ1v) is 7.25. The molecule has 1 aliphatic heterocycles. The van der Waals surface area contributed by atoms with Crippen LogP contribution in [0.5, 0.6) is 0 Å². The van der Waals surface area contributed by atoms with Crippen LogP contribution in [-0.2, 0) is 6.42 Å². The van der Waals surface area contributed by atoms with Gasteiger partial charge in [-0.2, -0.15) is 0 Å². The fourth-order valence-corrected chi connectivity index (χ4v) is 3.17. The number of para-hydroxylation sites is 1. The number of benzene rings is 2. The lowest BCUT2D eigenvalue weighted by Gasteiger charge is -2.22. The molecular formula is C18H17N3. The Balaban J connectivity index is 1.97. The minimum Gasteiger partial charge on any atom is -0.399 e. The van der Waals surface area contributed by atoms with Gasteiger partial charge in [-0.1, -0.05) is 18.2 Å². The molecule has 0 fully saturated rings. The third kappa shape index (κ3) is 1.93. The number of rotatable bonds is 1. The van der Waals surface area contributed by atoms with Gasteiger partial charge in [0.15, 0.2) is 0 Å². The van der Waals surface area contributed by atoms with E-state index in [0.717, 1.165) is 35.2 Å². The quantitative estimate of drug-likeness (QED) is 0.686. The van der Waals surface area contributed by atoms with Gasteiger partial charge in [-0.05, 0) is 49.2 Å². The molecule has 2 N–H and O–H groups in total. The van der Waals surface area contributed by atoms with Crippen molar-refractivity contribution in [3.05, 3.63) is 59.8 Å². The molecule has 4 rings (SSSR count). The van der Waals surface area contributed by atoms with Gasteiger partial charge in [0.2, 0.25) is 0 Å². The van der Waals surface area contributed by atoms with Crippen LogP contribution in [0.1, 0.15) is 11.3 Å². The summed E-state index contributed by atoms with van der Waals surface area (Å²) in [7, 11) is 0. The number of nitrogens with two attached hydrogens (primary N) is 1. The molecule has 0 amide bonds.